The number of halogens is 1. The zero-order valence-electron chi connectivity index (χ0n) is 9.06. The second-order valence-corrected chi connectivity index (χ2v) is 6.44. The van der Waals surface area contributed by atoms with E-state index in [1.54, 1.807) is 11.8 Å². The van der Waals surface area contributed by atoms with Crippen molar-refractivity contribution in [1.29, 1.82) is 0 Å². The van der Waals surface area contributed by atoms with E-state index >= 15 is 0 Å². The summed E-state index contributed by atoms with van der Waals surface area (Å²) in [5, 5.41) is 10.3. The standard InChI is InChI=1S/C14H11IOS/c15-10-5-6-13-9(7-10)8-12(16)11-3-1-2-4-14(11)17-13/h1-7,12,16H,8H2/t12-/m0/s1. The maximum Gasteiger partial charge on any atom is 0.0841 e. The van der Waals surface area contributed by atoms with Gasteiger partial charge in [-0.05, 0) is 58.0 Å². The summed E-state index contributed by atoms with van der Waals surface area (Å²) >= 11 is 4.07. The van der Waals surface area contributed by atoms with Crippen LogP contribution in [0.3, 0.4) is 0 Å². The lowest BCUT2D eigenvalue weighted by atomic mass is 10.0. The second kappa shape index (κ2) is 4.63. The summed E-state index contributed by atoms with van der Waals surface area (Å²) in [5.74, 6) is 0. The Balaban J connectivity index is 2.13. The lowest BCUT2D eigenvalue weighted by Gasteiger charge is -2.10. The first-order chi connectivity index (χ1) is 8.24. The van der Waals surface area contributed by atoms with Crippen LogP contribution in [0.25, 0.3) is 0 Å². The summed E-state index contributed by atoms with van der Waals surface area (Å²) in [6, 6.07) is 14.5. The van der Waals surface area contributed by atoms with Gasteiger partial charge in [-0.25, -0.2) is 0 Å². The third-order valence-electron chi connectivity index (χ3n) is 2.93. The molecule has 0 radical (unpaired) electrons. The molecule has 17 heavy (non-hydrogen) atoms. The van der Waals surface area contributed by atoms with Crippen molar-refractivity contribution in [3.8, 4) is 0 Å². The summed E-state index contributed by atoms with van der Waals surface area (Å²) in [6.07, 6.45) is 0.314. The monoisotopic (exact) mass is 354 g/mol. The second-order valence-electron chi connectivity index (χ2n) is 4.11. The number of hydrogen-bond donors (Lipinski definition) is 1. The summed E-state index contributed by atoms with van der Waals surface area (Å²) in [5.41, 5.74) is 2.29. The Morgan fingerprint density at radius 2 is 1.94 bits per heavy atom. The predicted octanol–water partition coefficient (Wildman–Crippen LogP) is 4.03. The van der Waals surface area contributed by atoms with Crippen molar-refractivity contribution in [3.63, 3.8) is 0 Å². The molecule has 0 aliphatic carbocycles. The molecule has 1 heterocycles. The SMILES string of the molecule is O[C@H]1Cc2cc(I)ccc2Sc2ccccc21. The first kappa shape index (κ1) is 11.6. The minimum Gasteiger partial charge on any atom is -0.388 e. The van der Waals surface area contributed by atoms with Crippen LogP contribution in [0.1, 0.15) is 17.2 Å². The molecule has 3 heteroatoms. The van der Waals surface area contributed by atoms with Gasteiger partial charge in [-0.15, -0.1) is 0 Å². The van der Waals surface area contributed by atoms with E-state index in [4.69, 9.17) is 0 Å². The maximum absolute atomic E-state index is 10.3. The highest BCUT2D eigenvalue weighted by molar-refractivity contribution is 14.1. The highest BCUT2D eigenvalue weighted by atomic mass is 127. The summed E-state index contributed by atoms with van der Waals surface area (Å²) < 4.78 is 1.22. The van der Waals surface area contributed by atoms with Gasteiger partial charge in [0.2, 0.25) is 0 Å². The van der Waals surface area contributed by atoms with E-state index < -0.39 is 6.10 Å². The molecule has 1 aliphatic rings. The van der Waals surface area contributed by atoms with E-state index in [-0.39, 0.29) is 0 Å². The number of hydrogen-bond acceptors (Lipinski definition) is 2. The zero-order chi connectivity index (χ0) is 11.8. The molecule has 0 spiro atoms. The van der Waals surface area contributed by atoms with Crippen LogP contribution in [0, 0.1) is 3.57 Å². The van der Waals surface area contributed by atoms with E-state index in [0.29, 0.717) is 6.42 Å². The Kier molecular flexibility index (Phi) is 3.15. The smallest absolute Gasteiger partial charge is 0.0841 e. The minimum absolute atomic E-state index is 0.391. The van der Waals surface area contributed by atoms with Crippen molar-refractivity contribution in [2.24, 2.45) is 0 Å². The largest absolute Gasteiger partial charge is 0.388 e. The lowest BCUT2D eigenvalue weighted by Crippen LogP contribution is -2.01. The van der Waals surface area contributed by atoms with Crippen LogP contribution in [-0.4, -0.2) is 5.11 Å². The third kappa shape index (κ3) is 2.23. The first-order valence-electron chi connectivity index (χ1n) is 5.47. The Hall–Kier alpha value is -0.520. The van der Waals surface area contributed by atoms with E-state index in [0.717, 1.165) is 5.56 Å². The Morgan fingerprint density at radius 3 is 2.82 bits per heavy atom. The van der Waals surface area contributed by atoms with Gasteiger partial charge in [0.1, 0.15) is 0 Å². The molecular weight excluding hydrogens is 343 g/mol. The van der Waals surface area contributed by atoms with Crippen LogP contribution >= 0.6 is 34.4 Å². The Labute approximate surface area is 118 Å². The Morgan fingerprint density at radius 1 is 1.12 bits per heavy atom. The van der Waals surface area contributed by atoms with Crippen LogP contribution < -0.4 is 0 Å². The van der Waals surface area contributed by atoms with Crippen molar-refractivity contribution in [1.82, 2.24) is 0 Å². The fourth-order valence-electron chi connectivity index (χ4n) is 2.09. The van der Waals surface area contributed by atoms with Crippen molar-refractivity contribution in [2.75, 3.05) is 0 Å². The molecule has 0 unspecified atom stereocenters. The first-order valence-corrected chi connectivity index (χ1v) is 7.37. The molecule has 0 aromatic heterocycles. The molecule has 0 saturated carbocycles. The van der Waals surface area contributed by atoms with Crippen molar-refractivity contribution in [2.45, 2.75) is 22.3 Å². The molecule has 2 aromatic carbocycles. The van der Waals surface area contributed by atoms with Gasteiger partial charge in [0.05, 0.1) is 6.10 Å². The van der Waals surface area contributed by atoms with Gasteiger partial charge >= 0.3 is 0 Å². The highest BCUT2D eigenvalue weighted by Gasteiger charge is 2.20. The highest BCUT2D eigenvalue weighted by Crippen LogP contribution is 2.40. The van der Waals surface area contributed by atoms with Gasteiger partial charge in [-0.2, -0.15) is 0 Å². The van der Waals surface area contributed by atoms with E-state index in [2.05, 4.69) is 46.9 Å². The minimum atomic E-state index is -0.391. The van der Waals surface area contributed by atoms with Gasteiger partial charge in [0, 0.05) is 19.8 Å². The van der Waals surface area contributed by atoms with Crippen molar-refractivity contribution >= 4 is 34.4 Å². The lowest BCUT2D eigenvalue weighted by molar-refractivity contribution is 0.175. The molecule has 0 fully saturated rings. The van der Waals surface area contributed by atoms with Gasteiger partial charge in [0.25, 0.3) is 0 Å². The summed E-state index contributed by atoms with van der Waals surface area (Å²) in [6.45, 7) is 0. The average molecular weight is 354 g/mol. The predicted molar refractivity (Wildman–Crippen MR) is 78.4 cm³/mol. The van der Waals surface area contributed by atoms with Crippen LogP contribution in [0.4, 0.5) is 0 Å². The van der Waals surface area contributed by atoms with Crippen LogP contribution in [0.2, 0.25) is 0 Å². The number of benzene rings is 2. The van der Waals surface area contributed by atoms with E-state index in [1.165, 1.54) is 18.9 Å². The Bertz CT molecular complexity index is 568. The molecule has 2 aromatic rings. The van der Waals surface area contributed by atoms with Crippen LogP contribution in [0.15, 0.2) is 52.3 Å². The number of aliphatic hydroxyl groups is 1. The summed E-state index contributed by atoms with van der Waals surface area (Å²) in [7, 11) is 0. The van der Waals surface area contributed by atoms with Crippen molar-refractivity contribution in [3.05, 3.63) is 57.2 Å². The van der Waals surface area contributed by atoms with Gasteiger partial charge in [-0.1, -0.05) is 30.0 Å². The van der Waals surface area contributed by atoms with Crippen LogP contribution in [-0.2, 0) is 6.42 Å². The molecule has 1 aliphatic heterocycles. The maximum atomic E-state index is 10.3. The van der Waals surface area contributed by atoms with Gasteiger partial charge in [0.15, 0.2) is 0 Å². The quantitative estimate of drug-likeness (QED) is 0.721. The zero-order valence-corrected chi connectivity index (χ0v) is 12.0. The fourth-order valence-corrected chi connectivity index (χ4v) is 3.76. The number of aliphatic hydroxyl groups excluding tert-OH is 1. The topological polar surface area (TPSA) is 20.2 Å². The average Bonchev–Trinajstić information content (AvgIpc) is 2.46. The molecule has 0 saturated heterocycles. The van der Waals surface area contributed by atoms with Crippen LogP contribution in [0.5, 0.6) is 0 Å². The molecule has 3 rings (SSSR count). The van der Waals surface area contributed by atoms with E-state index in [9.17, 15) is 5.11 Å². The molecule has 1 nitrogen and oxygen atoms in total. The summed E-state index contributed by atoms with van der Waals surface area (Å²) in [4.78, 5) is 2.43. The van der Waals surface area contributed by atoms with Crippen molar-refractivity contribution < 1.29 is 5.11 Å². The molecule has 0 bridgehead atoms. The number of fused-ring (bicyclic) bond motifs is 2. The number of rotatable bonds is 0. The normalized spacial score (nSPS) is 18.1. The molecule has 0 amide bonds. The molecule has 86 valence electrons. The molecular formula is C14H11IOS. The fraction of sp³-hybridized carbons (Fsp3) is 0.143. The van der Waals surface area contributed by atoms with Gasteiger partial charge in [-0.3, -0.25) is 0 Å². The third-order valence-corrected chi connectivity index (χ3v) is 4.81. The molecule has 1 N–H and O–H groups in total. The van der Waals surface area contributed by atoms with Gasteiger partial charge < -0.3 is 5.11 Å². The van der Waals surface area contributed by atoms with E-state index in [1.807, 2.05) is 18.2 Å². The molecule has 1 atom stereocenters.